The molecule has 0 aliphatic carbocycles. The third-order valence-corrected chi connectivity index (χ3v) is 6.01. The number of pyridine rings is 1. The van der Waals surface area contributed by atoms with E-state index in [0.29, 0.717) is 32.0 Å². The van der Waals surface area contributed by atoms with Crippen LogP contribution in [-0.4, -0.2) is 58.6 Å². The van der Waals surface area contributed by atoms with E-state index in [2.05, 4.69) is 34.8 Å². The smallest absolute Gasteiger partial charge is 0.410 e. The van der Waals surface area contributed by atoms with Crippen LogP contribution in [0.2, 0.25) is 0 Å². The summed E-state index contributed by atoms with van der Waals surface area (Å²) in [5, 5.41) is 0. The molecule has 3 heterocycles. The van der Waals surface area contributed by atoms with Crippen LogP contribution in [0.1, 0.15) is 38.7 Å². The second-order valence-corrected chi connectivity index (χ2v) is 8.15. The minimum Gasteiger partial charge on any atom is -0.447 e. The maximum Gasteiger partial charge on any atom is 0.410 e. The van der Waals surface area contributed by atoms with Crippen molar-refractivity contribution >= 4 is 27.9 Å². The number of nitrogens with zero attached hydrogens (tertiary/aromatic N) is 3. The van der Waals surface area contributed by atoms with Crippen molar-refractivity contribution < 1.29 is 14.3 Å². The SMILES string of the molecule is CCC(C)C1COC(=O)N1C1CCN(C(=O)Cc2cncc(Br)c2)CC1. The summed E-state index contributed by atoms with van der Waals surface area (Å²) in [5.74, 6) is 0.538. The van der Waals surface area contributed by atoms with E-state index >= 15 is 0 Å². The van der Waals surface area contributed by atoms with E-state index in [0.717, 1.165) is 29.3 Å². The molecule has 3 rings (SSSR count). The Labute approximate surface area is 163 Å². The molecule has 7 heteroatoms. The molecule has 2 aliphatic heterocycles. The number of carbonyl (C=O) groups is 2. The van der Waals surface area contributed by atoms with Crippen LogP contribution in [0.3, 0.4) is 0 Å². The topological polar surface area (TPSA) is 62.7 Å². The van der Waals surface area contributed by atoms with Gasteiger partial charge in [-0.2, -0.15) is 0 Å². The summed E-state index contributed by atoms with van der Waals surface area (Å²) in [6, 6.07) is 2.25. The number of rotatable bonds is 5. The van der Waals surface area contributed by atoms with Crippen LogP contribution in [0.25, 0.3) is 0 Å². The normalized spacial score (nSPS) is 22.4. The third-order valence-electron chi connectivity index (χ3n) is 5.57. The number of hydrogen-bond donors (Lipinski definition) is 0. The minimum atomic E-state index is -0.194. The highest BCUT2D eigenvalue weighted by Crippen LogP contribution is 2.29. The number of halogens is 1. The van der Waals surface area contributed by atoms with E-state index in [1.165, 1.54) is 0 Å². The van der Waals surface area contributed by atoms with Crippen molar-refractivity contribution in [2.75, 3.05) is 19.7 Å². The van der Waals surface area contributed by atoms with Gasteiger partial charge in [0, 0.05) is 36.0 Å². The van der Waals surface area contributed by atoms with Crippen molar-refractivity contribution in [1.29, 1.82) is 0 Å². The molecule has 0 aromatic carbocycles. The molecular formula is C19H26BrN3O3. The lowest BCUT2D eigenvalue weighted by Crippen LogP contribution is -2.51. The van der Waals surface area contributed by atoms with Crippen LogP contribution < -0.4 is 0 Å². The first-order valence-corrected chi connectivity index (χ1v) is 10.1. The predicted molar refractivity (Wildman–Crippen MR) is 102 cm³/mol. The number of ether oxygens (including phenoxy) is 1. The maximum atomic E-state index is 12.6. The van der Waals surface area contributed by atoms with Gasteiger partial charge in [-0.05, 0) is 46.3 Å². The van der Waals surface area contributed by atoms with Gasteiger partial charge in [0.2, 0.25) is 5.91 Å². The van der Waals surface area contributed by atoms with Crippen molar-refractivity contribution in [3.8, 4) is 0 Å². The fourth-order valence-electron chi connectivity index (χ4n) is 3.81. The van der Waals surface area contributed by atoms with E-state index in [9.17, 15) is 9.59 Å². The Morgan fingerprint density at radius 3 is 2.77 bits per heavy atom. The Morgan fingerprint density at radius 1 is 1.38 bits per heavy atom. The van der Waals surface area contributed by atoms with Gasteiger partial charge in [-0.1, -0.05) is 20.3 Å². The molecule has 2 unspecified atom stereocenters. The lowest BCUT2D eigenvalue weighted by Gasteiger charge is -2.39. The number of carbonyl (C=O) groups excluding carboxylic acids is 2. The van der Waals surface area contributed by atoms with Gasteiger partial charge in [0.1, 0.15) is 6.61 Å². The van der Waals surface area contributed by atoms with E-state index in [4.69, 9.17) is 4.74 Å². The first kappa shape index (κ1) is 19.1. The zero-order chi connectivity index (χ0) is 18.7. The Bertz CT molecular complexity index is 661. The van der Waals surface area contributed by atoms with Gasteiger partial charge < -0.3 is 9.64 Å². The van der Waals surface area contributed by atoms with Gasteiger partial charge in [0.25, 0.3) is 0 Å². The maximum absolute atomic E-state index is 12.6. The van der Waals surface area contributed by atoms with Gasteiger partial charge in [0.05, 0.1) is 12.5 Å². The number of piperidine rings is 1. The second kappa shape index (κ2) is 8.37. The zero-order valence-corrected chi connectivity index (χ0v) is 16.9. The number of cyclic esters (lactones) is 1. The van der Waals surface area contributed by atoms with Crippen molar-refractivity contribution in [2.45, 2.75) is 51.6 Å². The van der Waals surface area contributed by atoms with Crippen LogP contribution in [0.15, 0.2) is 22.9 Å². The summed E-state index contributed by atoms with van der Waals surface area (Å²) in [5.41, 5.74) is 0.909. The van der Waals surface area contributed by atoms with E-state index in [1.54, 1.807) is 12.4 Å². The molecular weight excluding hydrogens is 398 g/mol. The van der Waals surface area contributed by atoms with E-state index in [-0.39, 0.29) is 24.1 Å². The fourth-order valence-corrected chi connectivity index (χ4v) is 4.22. The molecule has 0 saturated carbocycles. The lowest BCUT2D eigenvalue weighted by molar-refractivity contribution is -0.131. The number of hydrogen-bond acceptors (Lipinski definition) is 4. The fraction of sp³-hybridized carbons (Fsp3) is 0.632. The van der Waals surface area contributed by atoms with Gasteiger partial charge >= 0.3 is 6.09 Å². The summed E-state index contributed by atoms with van der Waals surface area (Å²) >= 11 is 3.39. The average molecular weight is 424 g/mol. The largest absolute Gasteiger partial charge is 0.447 e. The molecule has 0 N–H and O–H groups in total. The molecule has 142 valence electrons. The first-order valence-electron chi connectivity index (χ1n) is 9.32. The summed E-state index contributed by atoms with van der Waals surface area (Å²) in [4.78, 5) is 32.7. The Balaban J connectivity index is 1.56. The summed E-state index contributed by atoms with van der Waals surface area (Å²) in [7, 11) is 0. The van der Waals surface area contributed by atoms with Crippen molar-refractivity contribution in [1.82, 2.24) is 14.8 Å². The quantitative estimate of drug-likeness (QED) is 0.728. The van der Waals surface area contributed by atoms with Gasteiger partial charge in [-0.25, -0.2) is 4.79 Å². The molecule has 0 radical (unpaired) electrons. The third kappa shape index (κ3) is 4.19. The van der Waals surface area contributed by atoms with Crippen LogP contribution in [0, 0.1) is 5.92 Å². The predicted octanol–water partition coefficient (Wildman–Crippen LogP) is 3.24. The Kier molecular flexibility index (Phi) is 6.16. The zero-order valence-electron chi connectivity index (χ0n) is 15.4. The van der Waals surface area contributed by atoms with Gasteiger partial charge in [-0.3, -0.25) is 14.7 Å². The van der Waals surface area contributed by atoms with Crippen molar-refractivity contribution in [3.05, 3.63) is 28.5 Å². The summed E-state index contributed by atoms with van der Waals surface area (Å²) in [6.07, 6.45) is 6.25. The van der Waals surface area contributed by atoms with Gasteiger partial charge in [0.15, 0.2) is 0 Å². The molecule has 6 nitrogen and oxygen atoms in total. The summed E-state index contributed by atoms with van der Waals surface area (Å²) in [6.45, 7) is 6.17. The van der Waals surface area contributed by atoms with Crippen LogP contribution in [0.5, 0.6) is 0 Å². The molecule has 1 aromatic heterocycles. The average Bonchev–Trinajstić information content (AvgIpc) is 3.02. The molecule has 2 atom stereocenters. The molecule has 0 spiro atoms. The molecule has 2 saturated heterocycles. The second-order valence-electron chi connectivity index (χ2n) is 7.24. The molecule has 1 aromatic rings. The highest BCUT2D eigenvalue weighted by Gasteiger charge is 2.41. The Hall–Kier alpha value is -1.63. The molecule has 2 aliphatic rings. The molecule has 2 fully saturated rings. The Morgan fingerprint density at radius 2 is 2.12 bits per heavy atom. The van der Waals surface area contributed by atoms with Crippen molar-refractivity contribution in [2.24, 2.45) is 5.92 Å². The minimum absolute atomic E-state index is 0.117. The van der Waals surface area contributed by atoms with E-state index in [1.807, 2.05) is 15.9 Å². The monoisotopic (exact) mass is 423 g/mol. The highest BCUT2D eigenvalue weighted by molar-refractivity contribution is 9.10. The molecule has 0 bridgehead atoms. The standard InChI is InChI=1S/C19H26BrN3O3/c1-3-13(2)17-12-26-19(25)23(17)16-4-6-22(7-5-16)18(24)9-14-8-15(20)11-21-10-14/h8,10-11,13,16-17H,3-7,9,12H2,1-2H3. The highest BCUT2D eigenvalue weighted by atomic mass is 79.9. The van der Waals surface area contributed by atoms with Crippen molar-refractivity contribution in [3.63, 3.8) is 0 Å². The van der Waals surface area contributed by atoms with Crippen LogP contribution in [-0.2, 0) is 16.0 Å². The molecule has 26 heavy (non-hydrogen) atoms. The molecule has 2 amide bonds. The van der Waals surface area contributed by atoms with Crippen LogP contribution >= 0.6 is 15.9 Å². The van der Waals surface area contributed by atoms with E-state index < -0.39 is 0 Å². The number of likely N-dealkylation sites (tertiary alicyclic amines) is 1. The number of aromatic nitrogens is 1. The summed E-state index contributed by atoms with van der Waals surface area (Å²) < 4.78 is 6.19. The van der Waals surface area contributed by atoms with Crippen LogP contribution in [0.4, 0.5) is 4.79 Å². The number of amides is 2. The van der Waals surface area contributed by atoms with Gasteiger partial charge in [-0.15, -0.1) is 0 Å². The first-order chi connectivity index (χ1) is 12.5. The lowest BCUT2D eigenvalue weighted by atomic mass is 9.95.